The number of hydrogen-bond donors (Lipinski definition) is 0. The van der Waals surface area contributed by atoms with Crippen LogP contribution in [0.15, 0.2) is 127 Å². The van der Waals surface area contributed by atoms with E-state index in [0.717, 1.165) is 0 Å². The zero-order valence-corrected chi connectivity index (χ0v) is 16.5. The molecular weight excluding hydrogens is 336 g/mol. The van der Waals surface area contributed by atoms with Crippen molar-refractivity contribution >= 4 is 11.1 Å². The van der Waals surface area contributed by atoms with E-state index in [1.54, 1.807) is 0 Å². The Hall–Kier alpha value is -3.38. The lowest BCUT2D eigenvalue weighted by Gasteiger charge is -2.11. The maximum absolute atomic E-state index is 2.24. The highest BCUT2D eigenvalue weighted by Crippen LogP contribution is 2.28. The van der Waals surface area contributed by atoms with Crippen LogP contribution in [0.2, 0.25) is 0 Å². The Morgan fingerprint density at radius 1 is 0.571 bits per heavy atom. The van der Waals surface area contributed by atoms with E-state index >= 15 is 0 Å². The number of allylic oxidation sites excluding steroid dienone is 7. The van der Waals surface area contributed by atoms with Crippen molar-refractivity contribution in [2.24, 2.45) is 0 Å². The Bertz CT molecular complexity index is 944. The molecule has 0 heterocycles. The van der Waals surface area contributed by atoms with Crippen LogP contribution in [0.3, 0.4) is 0 Å². The molecule has 0 aliphatic rings. The van der Waals surface area contributed by atoms with E-state index in [1.165, 1.54) is 33.4 Å². The van der Waals surface area contributed by atoms with Crippen molar-refractivity contribution in [2.45, 2.75) is 13.8 Å². The van der Waals surface area contributed by atoms with Gasteiger partial charge in [0.25, 0.3) is 0 Å². The molecule has 0 amide bonds. The highest BCUT2D eigenvalue weighted by Gasteiger charge is 2.06. The van der Waals surface area contributed by atoms with Crippen LogP contribution in [-0.2, 0) is 0 Å². The van der Waals surface area contributed by atoms with E-state index < -0.39 is 0 Å². The molecule has 0 atom stereocenters. The molecule has 0 fully saturated rings. The van der Waals surface area contributed by atoms with Gasteiger partial charge in [-0.15, -0.1) is 0 Å². The summed E-state index contributed by atoms with van der Waals surface area (Å²) >= 11 is 0. The lowest BCUT2D eigenvalue weighted by Crippen LogP contribution is -1.90. The predicted octanol–water partition coefficient (Wildman–Crippen LogP) is 7.72. The van der Waals surface area contributed by atoms with Gasteiger partial charge in [0, 0.05) is 0 Å². The molecule has 138 valence electrons. The summed E-state index contributed by atoms with van der Waals surface area (Å²) in [5.74, 6) is 0. The van der Waals surface area contributed by atoms with Gasteiger partial charge < -0.3 is 0 Å². The van der Waals surface area contributed by atoms with E-state index in [2.05, 4.69) is 135 Å². The predicted molar refractivity (Wildman–Crippen MR) is 123 cm³/mol. The molecule has 0 nitrogen and oxygen atoms in total. The van der Waals surface area contributed by atoms with E-state index in [9.17, 15) is 0 Å². The maximum atomic E-state index is 2.24. The summed E-state index contributed by atoms with van der Waals surface area (Å²) in [6.07, 6.45) is 10.9. The minimum absolute atomic E-state index is 1.21. The molecule has 28 heavy (non-hydrogen) atoms. The Morgan fingerprint density at radius 3 is 1.46 bits per heavy atom. The Kier molecular flexibility index (Phi) is 6.98. The molecule has 0 bridgehead atoms. The fourth-order valence-corrected chi connectivity index (χ4v) is 3.26. The smallest absolute Gasteiger partial charge is 0.0111 e. The minimum Gasteiger partial charge on any atom is -0.0871 e. The normalized spacial score (nSPS) is 12.2. The number of hydrogen-bond acceptors (Lipinski definition) is 0. The third-order valence-electron chi connectivity index (χ3n) is 4.64. The molecule has 3 aromatic carbocycles. The fraction of sp³-hybridized carbons (Fsp3) is 0.0714. The average Bonchev–Trinajstić information content (AvgIpc) is 2.77. The lowest BCUT2D eigenvalue weighted by atomic mass is 9.93. The molecule has 0 aromatic heterocycles. The van der Waals surface area contributed by atoms with Gasteiger partial charge in [-0.3, -0.25) is 0 Å². The molecule has 3 aromatic rings. The summed E-state index contributed by atoms with van der Waals surface area (Å²) in [6, 6.07) is 31.7. The molecule has 0 heteroatoms. The van der Waals surface area contributed by atoms with Crippen LogP contribution in [0.5, 0.6) is 0 Å². The standard InChI is InChI=1S/C28H26/c1-3-14-23(4-2)27(24-15-8-5-9-16-24)21-22-28(25-17-10-6-11-18-25)26-19-12-7-13-20-26/h3-22H,1-2H3/b14-3-,23-4+,27-21?. The van der Waals surface area contributed by atoms with E-state index in [4.69, 9.17) is 0 Å². The van der Waals surface area contributed by atoms with Gasteiger partial charge >= 0.3 is 0 Å². The molecule has 0 radical (unpaired) electrons. The molecule has 0 unspecified atom stereocenters. The Balaban J connectivity index is 2.17. The summed E-state index contributed by atoms with van der Waals surface area (Å²) in [5, 5.41) is 0. The van der Waals surface area contributed by atoms with Gasteiger partial charge in [0.15, 0.2) is 0 Å². The van der Waals surface area contributed by atoms with Gasteiger partial charge in [0.2, 0.25) is 0 Å². The Morgan fingerprint density at radius 2 is 1.04 bits per heavy atom. The largest absolute Gasteiger partial charge is 0.0871 e. The molecule has 0 N–H and O–H groups in total. The summed E-state index contributed by atoms with van der Waals surface area (Å²) in [5.41, 5.74) is 7.28. The van der Waals surface area contributed by atoms with Crippen molar-refractivity contribution in [3.63, 3.8) is 0 Å². The van der Waals surface area contributed by atoms with Crippen LogP contribution < -0.4 is 0 Å². The molecule has 0 saturated heterocycles. The first-order valence-electron chi connectivity index (χ1n) is 9.71. The second kappa shape index (κ2) is 10.1. The summed E-state index contributed by atoms with van der Waals surface area (Å²) in [4.78, 5) is 0. The summed E-state index contributed by atoms with van der Waals surface area (Å²) in [6.45, 7) is 4.15. The molecule has 3 rings (SSSR count). The number of benzene rings is 3. The second-order valence-electron chi connectivity index (χ2n) is 6.50. The first-order chi connectivity index (χ1) is 13.8. The zero-order valence-electron chi connectivity index (χ0n) is 16.5. The third-order valence-corrected chi connectivity index (χ3v) is 4.64. The van der Waals surface area contributed by atoms with Crippen LogP contribution in [0, 0.1) is 0 Å². The van der Waals surface area contributed by atoms with Crippen molar-refractivity contribution in [3.8, 4) is 0 Å². The van der Waals surface area contributed by atoms with Crippen molar-refractivity contribution in [1.82, 2.24) is 0 Å². The maximum Gasteiger partial charge on any atom is -0.0111 e. The molecule has 0 aliphatic heterocycles. The molecule has 0 aliphatic carbocycles. The van der Waals surface area contributed by atoms with Crippen LogP contribution >= 0.6 is 0 Å². The third kappa shape index (κ3) is 4.86. The average molecular weight is 363 g/mol. The fourth-order valence-electron chi connectivity index (χ4n) is 3.26. The minimum atomic E-state index is 1.21. The van der Waals surface area contributed by atoms with Crippen LogP contribution in [0.25, 0.3) is 11.1 Å². The number of rotatable bonds is 6. The van der Waals surface area contributed by atoms with Crippen molar-refractivity contribution in [1.29, 1.82) is 0 Å². The highest BCUT2D eigenvalue weighted by molar-refractivity contribution is 5.87. The molecular formula is C28H26. The molecule has 0 spiro atoms. The lowest BCUT2D eigenvalue weighted by molar-refractivity contribution is 1.52. The van der Waals surface area contributed by atoms with E-state index in [-0.39, 0.29) is 0 Å². The van der Waals surface area contributed by atoms with E-state index in [1.807, 2.05) is 0 Å². The van der Waals surface area contributed by atoms with Crippen molar-refractivity contribution < 1.29 is 0 Å². The highest BCUT2D eigenvalue weighted by atomic mass is 14.1. The van der Waals surface area contributed by atoms with Crippen LogP contribution in [0.4, 0.5) is 0 Å². The van der Waals surface area contributed by atoms with Crippen molar-refractivity contribution in [2.75, 3.05) is 0 Å². The van der Waals surface area contributed by atoms with Crippen molar-refractivity contribution in [3.05, 3.63) is 144 Å². The van der Waals surface area contributed by atoms with Crippen LogP contribution in [0.1, 0.15) is 30.5 Å². The van der Waals surface area contributed by atoms with Gasteiger partial charge in [-0.2, -0.15) is 0 Å². The summed E-state index contributed by atoms with van der Waals surface area (Å²) in [7, 11) is 0. The van der Waals surface area contributed by atoms with Gasteiger partial charge in [-0.05, 0) is 47.3 Å². The van der Waals surface area contributed by atoms with Gasteiger partial charge in [0.1, 0.15) is 0 Å². The van der Waals surface area contributed by atoms with Gasteiger partial charge in [-0.1, -0.05) is 121 Å². The Labute approximate surface area is 168 Å². The quantitative estimate of drug-likeness (QED) is 0.394. The second-order valence-corrected chi connectivity index (χ2v) is 6.50. The van der Waals surface area contributed by atoms with Gasteiger partial charge in [-0.25, -0.2) is 0 Å². The molecule has 0 saturated carbocycles. The van der Waals surface area contributed by atoms with Gasteiger partial charge in [0.05, 0.1) is 0 Å². The first kappa shape index (κ1) is 19.4. The van der Waals surface area contributed by atoms with E-state index in [0.29, 0.717) is 0 Å². The van der Waals surface area contributed by atoms with Crippen LogP contribution in [-0.4, -0.2) is 0 Å². The SMILES string of the molecule is C/C=C\C(=C/C)C(=CC=C(c1ccccc1)c1ccccc1)c1ccccc1. The summed E-state index contributed by atoms with van der Waals surface area (Å²) < 4.78 is 0. The first-order valence-corrected chi connectivity index (χ1v) is 9.71. The topological polar surface area (TPSA) is 0 Å². The monoisotopic (exact) mass is 362 g/mol. The zero-order chi connectivity index (χ0) is 19.6.